The molecule has 63 heavy (non-hydrogen) atoms. The van der Waals surface area contributed by atoms with Crippen molar-refractivity contribution in [3.8, 4) is 0 Å². The fraction of sp³-hybridized carbons (Fsp3) is 0.826. The number of carbonyl (C=O) groups is 2. The molecule has 0 bridgehead atoms. The van der Waals surface area contributed by atoms with Crippen molar-refractivity contribution in [2.75, 3.05) is 25.1 Å². The number of rotatable bonds is 8. The third-order valence-corrected chi connectivity index (χ3v) is 17.4. The maximum absolute atomic E-state index is 14.6. The third-order valence-electron chi connectivity index (χ3n) is 17.1. The molecule has 9 rings (SSSR count). The molecule has 0 aromatic heterocycles. The number of ether oxygens (including phenoxy) is 7. The number of benzene rings is 1. The van der Waals surface area contributed by atoms with Crippen LogP contribution in [0.4, 0.5) is 10.5 Å². The summed E-state index contributed by atoms with van der Waals surface area (Å²) < 4.78 is 43.1. The molecule has 352 valence electrons. The molecule has 4 aliphatic heterocycles. The van der Waals surface area contributed by atoms with E-state index < -0.39 is 86.5 Å². The minimum atomic E-state index is -1.82. The van der Waals surface area contributed by atoms with E-state index in [0.29, 0.717) is 54.2 Å². The Morgan fingerprint density at radius 2 is 1.57 bits per heavy atom. The molecular formula is C46H66ClNO15. The maximum Gasteiger partial charge on any atom is 0.411 e. The molecule has 7 N–H and O–H groups in total. The van der Waals surface area contributed by atoms with Crippen molar-refractivity contribution >= 4 is 29.2 Å². The van der Waals surface area contributed by atoms with E-state index in [-0.39, 0.29) is 52.6 Å². The highest BCUT2D eigenvalue weighted by Gasteiger charge is 2.71. The fourth-order valence-corrected chi connectivity index (χ4v) is 14.0. The van der Waals surface area contributed by atoms with Crippen LogP contribution < -0.4 is 5.32 Å². The van der Waals surface area contributed by atoms with E-state index in [1.165, 1.54) is 0 Å². The Kier molecular flexibility index (Phi) is 12.9. The molecule has 4 aliphatic carbocycles. The van der Waals surface area contributed by atoms with Gasteiger partial charge in [0.2, 0.25) is 0 Å². The molecule has 0 radical (unpaired) electrons. The van der Waals surface area contributed by atoms with E-state index >= 15 is 0 Å². The Hall–Kier alpha value is -2.03. The summed E-state index contributed by atoms with van der Waals surface area (Å²) in [5.41, 5.74) is 0.0192. The number of hydrogen-bond acceptors (Lipinski definition) is 15. The van der Waals surface area contributed by atoms with Crippen LogP contribution in [0, 0.1) is 52.3 Å². The van der Waals surface area contributed by atoms with Crippen LogP contribution in [0.2, 0.25) is 5.02 Å². The van der Waals surface area contributed by atoms with Gasteiger partial charge in [0, 0.05) is 35.4 Å². The number of nitrogens with one attached hydrogen (secondary N) is 1. The lowest BCUT2D eigenvalue weighted by Gasteiger charge is -2.60. The van der Waals surface area contributed by atoms with Gasteiger partial charge in [-0.3, -0.25) is 10.1 Å². The molecule has 1 aromatic rings. The number of anilines is 1. The Bertz CT molecular complexity index is 1820. The van der Waals surface area contributed by atoms with Crippen LogP contribution in [0.1, 0.15) is 85.5 Å². The summed E-state index contributed by atoms with van der Waals surface area (Å²) in [5, 5.41) is 67.3. The number of carbonyl (C=O) groups excluding carboxylic acids is 2. The number of fused-ring (bicyclic) bond motifs is 7. The Morgan fingerprint density at radius 1 is 0.857 bits per heavy atom. The van der Waals surface area contributed by atoms with Crippen molar-refractivity contribution in [2.24, 2.45) is 52.3 Å². The number of aliphatic hydroxyl groups is 6. The Morgan fingerprint density at radius 3 is 2.29 bits per heavy atom. The van der Waals surface area contributed by atoms with Gasteiger partial charge in [0.25, 0.3) is 0 Å². The number of halogens is 1. The van der Waals surface area contributed by atoms with Gasteiger partial charge in [0.15, 0.2) is 18.4 Å². The SMILES string of the molecule is C[C@@H]1CC[C@@]2(OC1)OC1C[C@H]3[C@@H]4CC[C@H]5C[C@@H](O[C@@H]6O[C@H](COC(=O)Nc7ccc(Cl)cc7)[C@@H](O[C@@H]7O[C@H](CO)[C@@H](O)[C@H](O)[C@H]7O)[C@H](O)[C@H]6O)CC[C@]5(C)[C@H]4C(=O)C[C@]3(C)C1[C@@H]2C. The minimum absolute atomic E-state index is 0.0654. The van der Waals surface area contributed by atoms with E-state index in [0.717, 1.165) is 38.5 Å². The molecule has 16 nitrogen and oxygen atoms in total. The Labute approximate surface area is 373 Å². The van der Waals surface area contributed by atoms with Crippen LogP contribution in [0.3, 0.4) is 0 Å². The topological polar surface area (TPSA) is 232 Å². The number of aliphatic hydroxyl groups excluding tert-OH is 6. The largest absolute Gasteiger partial charge is 0.446 e. The quantitative estimate of drug-likeness (QED) is 0.185. The average molecular weight is 908 g/mol. The van der Waals surface area contributed by atoms with Gasteiger partial charge in [0.05, 0.1) is 25.4 Å². The summed E-state index contributed by atoms with van der Waals surface area (Å²) in [5.74, 6) is 1.61. The zero-order valence-electron chi connectivity index (χ0n) is 36.5. The summed E-state index contributed by atoms with van der Waals surface area (Å²) in [6.45, 7) is 8.64. The van der Waals surface area contributed by atoms with Gasteiger partial charge < -0.3 is 63.8 Å². The van der Waals surface area contributed by atoms with Crippen molar-refractivity contribution in [2.45, 2.75) is 165 Å². The number of amides is 1. The lowest BCUT2D eigenvalue weighted by Crippen LogP contribution is -2.65. The number of hydrogen-bond donors (Lipinski definition) is 7. The van der Waals surface area contributed by atoms with Crippen molar-refractivity contribution in [3.63, 3.8) is 0 Å². The first-order valence-corrected chi connectivity index (χ1v) is 23.5. The first kappa shape index (κ1) is 46.1. The second-order valence-corrected chi connectivity index (χ2v) is 21.2. The average Bonchev–Trinajstić information content (AvgIpc) is 3.70. The van der Waals surface area contributed by atoms with Gasteiger partial charge >= 0.3 is 6.09 Å². The molecule has 4 saturated carbocycles. The van der Waals surface area contributed by atoms with Crippen LogP contribution >= 0.6 is 11.6 Å². The summed E-state index contributed by atoms with van der Waals surface area (Å²) in [6.07, 6.45) is -9.67. The molecule has 4 saturated heterocycles. The molecule has 8 aliphatic rings. The highest BCUT2D eigenvalue weighted by Crippen LogP contribution is 2.70. The molecule has 8 fully saturated rings. The second kappa shape index (κ2) is 17.6. The monoisotopic (exact) mass is 907 g/mol. The Balaban J connectivity index is 0.871. The van der Waals surface area contributed by atoms with Gasteiger partial charge in [0.1, 0.15) is 61.2 Å². The normalized spacial score (nSPS) is 50.6. The van der Waals surface area contributed by atoms with Gasteiger partial charge in [-0.15, -0.1) is 0 Å². The van der Waals surface area contributed by atoms with E-state index in [2.05, 4.69) is 33.0 Å². The highest BCUT2D eigenvalue weighted by atomic mass is 35.5. The minimum Gasteiger partial charge on any atom is -0.446 e. The fourth-order valence-electron chi connectivity index (χ4n) is 13.9. The number of ketones is 1. The summed E-state index contributed by atoms with van der Waals surface area (Å²) in [6, 6.07) is 6.33. The highest BCUT2D eigenvalue weighted by molar-refractivity contribution is 6.30. The van der Waals surface area contributed by atoms with Gasteiger partial charge in [-0.25, -0.2) is 4.79 Å². The zero-order valence-corrected chi connectivity index (χ0v) is 37.3. The van der Waals surface area contributed by atoms with Gasteiger partial charge in [-0.05, 0) is 110 Å². The lowest BCUT2D eigenvalue weighted by molar-refractivity contribution is -0.364. The van der Waals surface area contributed by atoms with Crippen LogP contribution in [0.25, 0.3) is 0 Å². The molecule has 17 heteroatoms. The van der Waals surface area contributed by atoms with Gasteiger partial charge in [-0.2, -0.15) is 0 Å². The van der Waals surface area contributed by atoms with Crippen molar-refractivity contribution in [1.82, 2.24) is 0 Å². The number of Topliss-reactive ketones (excluding diaryl/α,β-unsaturated/α-hetero) is 1. The van der Waals surface area contributed by atoms with Crippen LogP contribution in [0.5, 0.6) is 0 Å². The predicted molar refractivity (Wildman–Crippen MR) is 223 cm³/mol. The molecule has 1 spiro atoms. The van der Waals surface area contributed by atoms with Crippen molar-refractivity contribution < 1.29 is 73.4 Å². The van der Waals surface area contributed by atoms with E-state index in [4.69, 9.17) is 44.8 Å². The standard InChI is InChI=1S/C46H66ClNO15/c1-21-11-14-46(58-19-21)22(2)33-30(63-46)16-28-27-10-5-23-15-26(12-13-44(23,3)34(27)29(50)17-45(28,33)4)59-41-39(55)37(53)40(62-42-38(54)36(52)35(51)31(18-49)60-42)32(61-41)20-57-43(56)48-25-8-6-24(47)7-9-25/h6-9,21-23,26-28,30-42,49,51-55H,5,10-20H2,1-4H3,(H,48,56)/t21-,22+,23+,26+,27+,28+,30?,31-,32-,33?,34-,35-,36+,37-,38-,39-,40-,41-,42+,44+,45+,46-/m1/s1. The molecule has 1 amide bonds. The van der Waals surface area contributed by atoms with E-state index in [1.807, 2.05) is 0 Å². The van der Waals surface area contributed by atoms with Gasteiger partial charge in [-0.1, -0.05) is 39.3 Å². The molecule has 2 unspecified atom stereocenters. The molecule has 4 heterocycles. The first-order chi connectivity index (χ1) is 30.0. The van der Waals surface area contributed by atoms with Crippen LogP contribution in [-0.2, 0) is 38.0 Å². The van der Waals surface area contributed by atoms with Crippen LogP contribution in [-0.4, -0.2) is 142 Å². The van der Waals surface area contributed by atoms with Crippen molar-refractivity contribution in [3.05, 3.63) is 29.3 Å². The predicted octanol–water partition coefficient (Wildman–Crippen LogP) is 3.53. The van der Waals surface area contributed by atoms with E-state index in [9.17, 15) is 40.2 Å². The van der Waals surface area contributed by atoms with Crippen molar-refractivity contribution in [1.29, 1.82) is 0 Å². The first-order valence-electron chi connectivity index (χ1n) is 23.1. The molecule has 22 atom stereocenters. The smallest absolute Gasteiger partial charge is 0.411 e. The molecule has 1 aromatic carbocycles. The van der Waals surface area contributed by atoms with E-state index in [1.54, 1.807) is 24.3 Å². The third kappa shape index (κ3) is 8.08. The second-order valence-electron chi connectivity index (χ2n) is 20.7. The summed E-state index contributed by atoms with van der Waals surface area (Å²) >= 11 is 5.98. The van der Waals surface area contributed by atoms with Crippen LogP contribution in [0.15, 0.2) is 24.3 Å². The summed E-state index contributed by atoms with van der Waals surface area (Å²) in [7, 11) is 0. The summed E-state index contributed by atoms with van der Waals surface area (Å²) in [4.78, 5) is 27.5. The maximum atomic E-state index is 14.6. The zero-order chi connectivity index (χ0) is 44.7. The lowest BCUT2D eigenvalue weighted by atomic mass is 9.44. The molecular weight excluding hydrogens is 842 g/mol.